The highest BCUT2D eigenvalue weighted by molar-refractivity contribution is 7.86. The first kappa shape index (κ1) is 17.6. The number of piperazine rings is 1. The molecular weight excluding hydrogens is 318 g/mol. The average Bonchev–Trinajstić information content (AvgIpc) is 3.07. The van der Waals surface area contributed by atoms with Crippen LogP contribution in [0.1, 0.15) is 32.6 Å². The molecule has 0 aromatic carbocycles. The SMILES string of the molecule is C[C@H]1CCCCN1S(=O)(=O)N1CCN(CCC2OCCO2)CC1. The minimum absolute atomic E-state index is 0.0778. The first-order chi connectivity index (χ1) is 11.1. The van der Waals surface area contributed by atoms with E-state index < -0.39 is 10.2 Å². The van der Waals surface area contributed by atoms with Gasteiger partial charge in [-0.3, -0.25) is 0 Å². The van der Waals surface area contributed by atoms with Gasteiger partial charge in [-0.15, -0.1) is 0 Å². The molecule has 3 rings (SSSR count). The molecule has 0 unspecified atom stereocenters. The Balaban J connectivity index is 1.47. The summed E-state index contributed by atoms with van der Waals surface area (Å²) in [4.78, 5) is 2.30. The quantitative estimate of drug-likeness (QED) is 0.724. The molecule has 0 saturated carbocycles. The van der Waals surface area contributed by atoms with Gasteiger partial charge >= 0.3 is 0 Å². The Bertz CT molecular complexity index is 473. The minimum Gasteiger partial charge on any atom is -0.350 e. The zero-order chi connectivity index (χ0) is 16.3. The van der Waals surface area contributed by atoms with Crippen LogP contribution in [0.25, 0.3) is 0 Å². The van der Waals surface area contributed by atoms with E-state index in [0.29, 0.717) is 32.8 Å². The van der Waals surface area contributed by atoms with Gasteiger partial charge in [-0.2, -0.15) is 17.0 Å². The number of piperidine rings is 1. The van der Waals surface area contributed by atoms with Gasteiger partial charge in [-0.25, -0.2) is 0 Å². The Morgan fingerprint density at radius 2 is 1.70 bits per heavy atom. The number of hydrogen-bond acceptors (Lipinski definition) is 5. The van der Waals surface area contributed by atoms with Crippen LogP contribution >= 0.6 is 0 Å². The summed E-state index contributed by atoms with van der Waals surface area (Å²) in [5, 5.41) is 0. The molecule has 3 aliphatic heterocycles. The molecule has 3 fully saturated rings. The smallest absolute Gasteiger partial charge is 0.282 e. The molecule has 0 amide bonds. The van der Waals surface area contributed by atoms with Gasteiger partial charge in [-0.1, -0.05) is 6.42 Å². The second-order valence-electron chi connectivity index (χ2n) is 6.66. The van der Waals surface area contributed by atoms with Crippen LogP contribution in [0.3, 0.4) is 0 Å². The number of hydrogen-bond donors (Lipinski definition) is 0. The molecule has 0 N–H and O–H groups in total. The van der Waals surface area contributed by atoms with Crippen molar-refractivity contribution in [3.8, 4) is 0 Å². The Labute approximate surface area is 139 Å². The number of ether oxygens (including phenoxy) is 2. The van der Waals surface area contributed by atoms with Crippen molar-refractivity contribution < 1.29 is 17.9 Å². The van der Waals surface area contributed by atoms with Gasteiger partial charge in [-0.05, 0) is 19.8 Å². The maximum Gasteiger partial charge on any atom is 0.282 e. The normalized spacial score (nSPS) is 30.0. The van der Waals surface area contributed by atoms with Crippen LogP contribution in [0.4, 0.5) is 0 Å². The largest absolute Gasteiger partial charge is 0.350 e. The van der Waals surface area contributed by atoms with Crippen molar-refractivity contribution in [2.75, 3.05) is 52.5 Å². The van der Waals surface area contributed by atoms with Gasteiger partial charge in [0.25, 0.3) is 10.2 Å². The fraction of sp³-hybridized carbons (Fsp3) is 1.00. The van der Waals surface area contributed by atoms with Crippen LogP contribution < -0.4 is 0 Å². The Morgan fingerprint density at radius 1 is 1.00 bits per heavy atom. The van der Waals surface area contributed by atoms with Gasteiger partial charge in [0.15, 0.2) is 6.29 Å². The highest BCUT2D eigenvalue weighted by atomic mass is 32.2. The van der Waals surface area contributed by atoms with E-state index in [9.17, 15) is 8.42 Å². The standard InChI is InChI=1S/C15H29N3O4S/c1-14-4-2-3-6-18(14)23(19,20)17-10-8-16(9-11-17)7-5-15-21-12-13-22-15/h14-15H,2-13H2,1H3/t14-/m0/s1. The fourth-order valence-corrected chi connectivity index (χ4v) is 5.45. The van der Waals surface area contributed by atoms with Crippen LogP contribution in [0.5, 0.6) is 0 Å². The predicted molar refractivity (Wildman–Crippen MR) is 87.3 cm³/mol. The van der Waals surface area contributed by atoms with Gasteiger partial charge in [0.2, 0.25) is 0 Å². The van der Waals surface area contributed by atoms with Crippen molar-refractivity contribution in [3.63, 3.8) is 0 Å². The summed E-state index contributed by atoms with van der Waals surface area (Å²) < 4.78 is 39.9. The third-order valence-electron chi connectivity index (χ3n) is 5.07. The molecule has 0 aliphatic carbocycles. The summed E-state index contributed by atoms with van der Waals surface area (Å²) >= 11 is 0. The topological polar surface area (TPSA) is 62.3 Å². The lowest BCUT2D eigenvalue weighted by molar-refractivity contribution is -0.0525. The molecule has 134 valence electrons. The Morgan fingerprint density at radius 3 is 2.35 bits per heavy atom. The zero-order valence-electron chi connectivity index (χ0n) is 14.0. The summed E-state index contributed by atoms with van der Waals surface area (Å²) in [6.45, 7) is 7.70. The lowest BCUT2D eigenvalue weighted by Crippen LogP contribution is -2.55. The van der Waals surface area contributed by atoms with Crippen molar-refractivity contribution >= 4 is 10.2 Å². The van der Waals surface area contributed by atoms with E-state index in [-0.39, 0.29) is 12.3 Å². The van der Waals surface area contributed by atoms with Gasteiger partial charge in [0.05, 0.1) is 13.2 Å². The lowest BCUT2D eigenvalue weighted by Gasteiger charge is -2.40. The maximum atomic E-state index is 12.8. The first-order valence-corrected chi connectivity index (χ1v) is 10.2. The third-order valence-corrected chi connectivity index (χ3v) is 7.22. The Kier molecular flexibility index (Phi) is 5.92. The molecule has 23 heavy (non-hydrogen) atoms. The number of nitrogens with zero attached hydrogens (tertiary/aromatic N) is 3. The summed E-state index contributed by atoms with van der Waals surface area (Å²) in [6.07, 6.45) is 3.86. The molecule has 0 radical (unpaired) electrons. The van der Waals surface area contributed by atoms with Crippen LogP contribution in [0.15, 0.2) is 0 Å². The molecule has 3 heterocycles. The second kappa shape index (κ2) is 7.76. The van der Waals surface area contributed by atoms with Gasteiger partial charge in [0.1, 0.15) is 0 Å². The average molecular weight is 347 g/mol. The first-order valence-electron chi connectivity index (χ1n) is 8.80. The second-order valence-corrected chi connectivity index (χ2v) is 8.54. The number of rotatable bonds is 5. The molecule has 8 heteroatoms. The molecule has 1 atom stereocenters. The van der Waals surface area contributed by atoms with Crippen LogP contribution in [-0.2, 0) is 19.7 Å². The van der Waals surface area contributed by atoms with Crippen molar-refractivity contribution in [2.24, 2.45) is 0 Å². The van der Waals surface area contributed by atoms with Gasteiger partial charge in [0, 0.05) is 51.7 Å². The van der Waals surface area contributed by atoms with Crippen LogP contribution in [0.2, 0.25) is 0 Å². The van der Waals surface area contributed by atoms with E-state index in [2.05, 4.69) is 4.90 Å². The van der Waals surface area contributed by atoms with Crippen molar-refractivity contribution in [3.05, 3.63) is 0 Å². The molecule has 0 aromatic rings. The van der Waals surface area contributed by atoms with Crippen molar-refractivity contribution in [2.45, 2.75) is 44.9 Å². The van der Waals surface area contributed by atoms with Crippen LogP contribution in [0, 0.1) is 0 Å². The minimum atomic E-state index is -3.30. The highest BCUT2D eigenvalue weighted by Gasteiger charge is 2.36. The fourth-order valence-electron chi connectivity index (χ4n) is 3.61. The van der Waals surface area contributed by atoms with E-state index in [4.69, 9.17) is 9.47 Å². The zero-order valence-corrected chi connectivity index (χ0v) is 14.8. The third kappa shape index (κ3) is 4.24. The summed E-state index contributed by atoms with van der Waals surface area (Å²) in [5.41, 5.74) is 0. The van der Waals surface area contributed by atoms with Crippen LogP contribution in [-0.4, -0.2) is 86.7 Å². The molecule has 7 nitrogen and oxygen atoms in total. The molecule has 0 spiro atoms. The van der Waals surface area contributed by atoms with E-state index >= 15 is 0 Å². The highest BCUT2D eigenvalue weighted by Crippen LogP contribution is 2.23. The summed E-state index contributed by atoms with van der Waals surface area (Å²) in [6, 6.07) is 0.128. The van der Waals surface area contributed by atoms with E-state index in [0.717, 1.165) is 45.3 Å². The van der Waals surface area contributed by atoms with E-state index in [1.165, 1.54) is 0 Å². The summed E-state index contributed by atoms with van der Waals surface area (Å²) in [5.74, 6) is 0. The molecule has 0 bridgehead atoms. The lowest BCUT2D eigenvalue weighted by atomic mass is 10.1. The molecule has 0 aromatic heterocycles. The van der Waals surface area contributed by atoms with Crippen molar-refractivity contribution in [1.29, 1.82) is 0 Å². The Hall–Kier alpha value is -0.250. The molecular formula is C15H29N3O4S. The van der Waals surface area contributed by atoms with Gasteiger partial charge < -0.3 is 14.4 Å². The maximum absolute atomic E-state index is 12.8. The van der Waals surface area contributed by atoms with E-state index in [1.54, 1.807) is 8.61 Å². The molecule has 3 aliphatic rings. The molecule has 3 saturated heterocycles. The van der Waals surface area contributed by atoms with Crippen molar-refractivity contribution in [1.82, 2.24) is 13.5 Å². The monoisotopic (exact) mass is 347 g/mol. The summed E-state index contributed by atoms with van der Waals surface area (Å²) in [7, 11) is -3.30. The predicted octanol–water partition coefficient (Wildman–Crippen LogP) is 0.486. The van der Waals surface area contributed by atoms with E-state index in [1.807, 2.05) is 6.92 Å².